The number of halogens is 1. The van der Waals surface area contributed by atoms with E-state index in [1.807, 2.05) is 6.92 Å². The van der Waals surface area contributed by atoms with Gasteiger partial charge in [0.25, 0.3) is 5.78 Å². The predicted octanol–water partition coefficient (Wildman–Crippen LogP) is 4.79. The molecule has 0 bridgehead atoms. The number of hydrogen-bond acceptors (Lipinski definition) is 8. The molecule has 1 unspecified atom stereocenters. The summed E-state index contributed by atoms with van der Waals surface area (Å²) in [5, 5.41) is 11.3. The third-order valence-corrected chi connectivity index (χ3v) is 6.71. The van der Waals surface area contributed by atoms with E-state index in [4.69, 9.17) is 9.47 Å². The van der Waals surface area contributed by atoms with Crippen molar-refractivity contribution < 1.29 is 33.4 Å². The van der Waals surface area contributed by atoms with Crippen molar-refractivity contribution in [2.45, 2.75) is 26.3 Å². The van der Waals surface area contributed by atoms with Crippen LogP contribution in [0.25, 0.3) is 5.76 Å². The molecule has 4 rings (SSSR count). The third-order valence-electron chi connectivity index (χ3n) is 5.57. The molecule has 1 fully saturated rings. The second-order valence-electron chi connectivity index (χ2n) is 8.00. The summed E-state index contributed by atoms with van der Waals surface area (Å²) in [6.45, 7) is 4.01. The van der Waals surface area contributed by atoms with Crippen molar-refractivity contribution in [2.24, 2.45) is 0 Å². The Bertz CT molecular complexity index is 1370. The molecule has 0 radical (unpaired) electrons. The van der Waals surface area contributed by atoms with Crippen LogP contribution in [0.4, 0.5) is 9.52 Å². The minimum absolute atomic E-state index is 0.0726. The second kappa shape index (κ2) is 10.3. The Morgan fingerprint density at radius 2 is 1.92 bits per heavy atom. The van der Waals surface area contributed by atoms with Gasteiger partial charge < -0.3 is 14.6 Å². The molecule has 8 nitrogen and oxygen atoms in total. The highest BCUT2D eigenvalue weighted by Crippen LogP contribution is 2.44. The van der Waals surface area contributed by atoms with Crippen LogP contribution in [0.3, 0.4) is 0 Å². The quantitative estimate of drug-likeness (QED) is 0.211. The summed E-state index contributed by atoms with van der Waals surface area (Å²) in [7, 11) is 1.23. The molecule has 2 heterocycles. The third kappa shape index (κ3) is 4.59. The number of amides is 1. The van der Waals surface area contributed by atoms with Crippen molar-refractivity contribution in [1.82, 2.24) is 4.98 Å². The molecule has 10 heteroatoms. The number of aliphatic hydroxyl groups excluding tert-OH is 1. The van der Waals surface area contributed by atoms with E-state index in [-0.39, 0.29) is 21.1 Å². The van der Waals surface area contributed by atoms with Crippen LogP contribution in [0.1, 0.15) is 45.9 Å². The van der Waals surface area contributed by atoms with E-state index in [1.54, 1.807) is 31.2 Å². The average Bonchev–Trinajstić information content (AvgIpc) is 3.39. The molecular weight excluding hydrogens is 487 g/mol. The molecular formula is C26H23FN2O6S. The molecule has 1 amide bonds. The number of carbonyl (C=O) groups is 3. The lowest BCUT2D eigenvalue weighted by molar-refractivity contribution is -0.132. The smallest absolute Gasteiger partial charge is 0.350 e. The number of ketones is 1. The highest BCUT2D eigenvalue weighted by molar-refractivity contribution is 7.17. The van der Waals surface area contributed by atoms with Crippen LogP contribution in [0.2, 0.25) is 0 Å². The maximum atomic E-state index is 13.7. The molecule has 2 aromatic carbocycles. The summed E-state index contributed by atoms with van der Waals surface area (Å²) >= 11 is 0.887. The number of aliphatic hydroxyl groups is 1. The van der Waals surface area contributed by atoms with Crippen molar-refractivity contribution in [2.75, 3.05) is 18.6 Å². The number of carbonyl (C=O) groups excluding carboxylic acids is 3. The number of rotatable bonds is 7. The summed E-state index contributed by atoms with van der Waals surface area (Å²) in [4.78, 5) is 44.3. The number of esters is 1. The molecule has 1 aliphatic rings. The van der Waals surface area contributed by atoms with Gasteiger partial charge in [-0.15, -0.1) is 0 Å². The van der Waals surface area contributed by atoms with Crippen molar-refractivity contribution in [3.63, 3.8) is 0 Å². The minimum Gasteiger partial charge on any atom is -0.507 e. The molecule has 1 N–H and O–H groups in total. The summed E-state index contributed by atoms with van der Waals surface area (Å²) in [5.41, 5.74) is 0.788. The number of ether oxygens (including phenoxy) is 2. The number of methoxy groups -OCH3 is 1. The number of anilines is 1. The number of Topliss-reactive ketones (excluding diaryl/α,β-unsaturated/α-hetero) is 1. The first-order chi connectivity index (χ1) is 17.3. The van der Waals surface area contributed by atoms with E-state index in [9.17, 15) is 23.9 Å². The maximum Gasteiger partial charge on any atom is 0.350 e. The monoisotopic (exact) mass is 510 g/mol. The number of thiazole rings is 1. The largest absolute Gasteiger partial charge is 0.507 e. The summed E-state index contributed by atoms with van der Waals surface area (Å²) < 4.78 is 24.1. The van der Waals surface area contributed by atoms with Gasteiger partial charge in [-0.2, -0.15) is 0 Å². The molecule has 0 aliphatic carbocycles. The molecule has 1 saturated heterocycles. The maximum absolute atomic E-state index is 13.7. The average molecular weight is 511 g/mol. The van der Waals surface area contributed by atoms with Crippen molar-refractivity contribution in [1.29, 1.82) is 0 Å². The zero-order valence-electron chi connectivity index (χ0n) is 19.8. The van der Waals surface area contributed by atoms with Gasteiger partial charge >= 0.3 is 11.9 Å². The van der Waals surface area contributed by atoms with Crippen LogP contribution in [-0.4, -0.2) is 41.5 Å². The summed E-state index contributed by atoms with van der Waals surface area (Å²) in [6.07, 6.45) is 0.784. The number of aromatic nitrogens is 1. The number of aryl methyl sites for hydroxylation is 1. The number of benzene rings is 2. The van der Waals surface area contributed by atoms with Gasteiger partial charge in [-0.3, -0.25) is 14.5 Å². The Morgan fingerprint density at radius 3 is 2.58 bits per heavy atom. The Hall–Kier alpha value is -4.05. The van der Waals surface area contributed by atoms with Crippen LogP contribution in [0.5, 0.6) is 5.75 Å². The highest BCUT2D eigenvalue weighted by atomic mass is 32.1. The first-order valence-electron chi connectivity index (χ1n) is 11.1. The van der Waals surface area contributed by atoms with E-state index in [1.165, 1.54) is 31.4 Å². The van der Waals surface area contributed by atoms with E-state index < -0.39 is 35.3 Å². The highest BCUT2D eigenvalue weighted by Gasteiger charge is 2.48. The Morgan fingerprint density at radius 1 is 1.19 bits per heavy atom. The number of nitrogens with zero attached hydrogens (tertiary/aromatic N) is 2. The van der Waals surface area contributed by atoms with Gasteiger partial charge in [-0.05, 0) is 43.2 Å². The van der Waals surface area contributed by atoms with Gasteiger partial charge in [-0.25, -0.2) is 14.2 Å². The topological polar surface area (TPSA) is 106 Å². The Kier molecular flexibility index (Phi) is 7.16. The summed E-state index contributed by atoms with van der Waals surface area (Å²) in [5.74, 6) is -2.92. The molecule has 0 saturated carbocycles. The molecule has 1 atom stereocenters. The lowest BCUT2D eigenvalue weighted by atomic mass is 9.95. The fraction of sp³-hybridized carbons (Fsp3) is 0.231. The van der Waals surface area contributed by atoms with Crippen LogP contribution in [-0.2, 0) is 14.3 Å². The second-order valence-corrected chi connectivity index (χ2v) is 8.98. The van der Waals surface area contributed by atoms with Crippen LogP contribution in [0, 0.1) is 12.7 Å². The Balaban J connectivity index is 1.89. The normalized spacial score (nSPS) is 16.9. The molecule has 3 aromatic rings. The van der Waals surface area contributed by atoms with E-state index in [0.29, 0.717) is 23.6 Å². The van der Waals surface area contributed by atoms with Gasteiger partial charge in [0.2, 0.25) is 0 Å². The van der Waals surface area contributed by atoms with Crippen molar-refractivity contribution in [3.05, 3.63) is 81.6 Å². The van der Waals surface area contributed by atoms with Crippen LogP contribution in [0.15, 0.2) is 54.1 Å². The van der Waals surface area contributed by atoms with Crippen molar-refractivity contribution >= 4 is 39.9 Å². The van der Waals surface area contributed by atoms with Gasteiger partial charge in [0.05, 0.1) is 31.0 Å². The first-order valence-corrected chi connectivity index (χ1v) is 11.9. The van der Waals surface area contributed by atoms with E-state index >= 15 is 0 Å². The lowest BCUT2D eigenvalue weighted by Crippen LogP contribution is -2.29. The fourth-order valence-corrected chi connectivity index (χ4v) is 4.88. The van der Waals surface area contributed by atoms with Gasteiger partial charge in [0.1, 0.15) is 22.2 Å². The molecule has 36 heavy (non-hydrogen) atoms. The van der Waals surface area contributed by atoms with Gasteiger partial charge in [0.15, 0.2) is 5.13 Å². The lowest BCUT2D eigenvalue weighted by Gasteiger charge is -2.23. The van der Waals surface area contributed by atoms with E-state index in [2.05, 4.69) is 4.98 Å². The van der Waals surface area contributed by atoms with E-state index in [0.717, 1.165) is 22.7 Å². The summed E-state index contributed by atoms with van der Waals surface area (Å²) in [6, 6.07) is 10.7. The first kappa shape index (κ1) is 25.1. The van der Waals surface area contributed by atoms with Crippen LogP contribution >= 0.6 is 11.3 Å². The fourth-order valence-electron chi connectivity index (χ4n) is 3.87. The van der Waals surface area contributed by atoms with Crippen LogP contribution < -0.4 is 9.64 Å². The zero-order chi connectivity index (χ0) is 26.0. The zero-order valence-corrected chi connectivity index (χ0v) is 20.6. The molecule has 1 aliphatic heterocycles. The SMILES string of the molecule is CCCOc1cccc(C(O)=C2C(=O)C(=O)N(c3nc(C)c(C(=O)OC)s3)C2c2ccc(F)cc2)c1. The van der Waals surface area contributed by atoms with Crippen molar-refractivity contribution in [3.8, 4) is 5.75 Å². The standard InChI is InChI=1S/C26H23FN2O6S/c1-4-12-35-18-7-5-6-16(13-18)21(30)19-20(15-8-10-17(27)11-9-15)29(24(32)22(19)31)26-28-14(2)23(36-26)25(33)34-3/h5-11,13,20,30H,4,12H2,1-3H3. The molecule has 1 aromatic heterocycles. The predicted molar refractivity (Wildman–Crippen MR) is 132 cm³/mol. The molecule has 0 spiro atoms. The van der Waals surface area contributed by atoms with Gasteiger partial charge in [-0.1, -0.05) is 42.5 Å². The van der Waals surface area contributed by atoms with Gasteiger partial charge in [0, 0.05) is 5.56 Å². The Labute approximate surface area is 210 Å². The minimum atomic E-state index is -1.11. The molecule has 186 valence electrons. The number of hydrogen-bond donors (Lipinski definition) is 1.